The lowest BCUT2D eigenvalue weighted by Gasteiger charge is -2.35. The van der Waals surface area contributed by atoms with Crippen LogP contribution in [0.5, 0.6) is 0 Å². The smallest absolute Gasteiger partial charge is 0.303 e. The first-order valence-electron chi connectivity index (χ1n) is 6.79. The standard InChI is InChI=1S/C13H19N3O3S/c1-8(6-11(17)18)10-4-3-5-16(7-10)13(19)12-9(2)14-15-20-12/h8,10H,3-7H2,1-2H3,(H,17,18). The number of piperidine rings is 1. The third-order valence-corrected chi connectivity index (χ3v) is 4.71. The molecule has 20 heavy (non-hydrogen) atoms. The first-order chi connectivity index (χ1) is 9.49. The number of nitrogens with zero attached hydrogens (tertiary/aromatic N) is 3. The molecule has 2 heterocycles. The van der Waals surface area contributed by atoms with Gasteiger partial charge in [-0.2, -0.15) is 0 Å². The molecule has 0 aromatic carbocycles. The van der Waals surface area contributed by atoms with E-state index in [9.17, 15) is 9.59 Å². The second-order valence-corrected chi connectivity index (χ2v) is 6.17. The quantitative estimate of drug-likeness (QED) is 0.916. The van der Waals surface area contributed by atoms with Gasteiger partial charge in [0.1, 0.15) is 4.88 Å². The van der Waals surface area contributed by atoms with E-state index in [1.165, 1.54) is 0 Å². The zero-order valence-corrected chi connectivity index (χ0v) is 12.5. The molecule has 0 aliphatic carbocycles. The van der Waals surface area contributed by atoms with Crippen LogP contribution in [0.25, 0.3) is 0 Å². The molecule has 2 atom stereocenters. The van der Waals surface area contributed by atoms with E-state index >= 15 is 0 Å². The number of rotatable bonds is 4. The molecule has 7 heteroatoms. The molecule has 0 bridgehead atoms. The fraction of sp³-hybridized carbons (Fsp3) is 0.692. The minimum atomic E-state index is -0.775. The first-order valence-corrected chi connectivity index (χ1v) is 7.56. The maximum absolute atomic E-state index is 12.4. The van der Waals surface area contributed by atoms with Crippen LogP contribution in [0.15, 0.2) is 0 Å². The summed E-state index contributed by atoms with van der Waals surface area (Å²) < 4.78 is 3.80. The van der Waals surface area contributed by atoms with Gasteiger partial charge in [0.15, 0.2) is 0 Å². The van der Waals surface area contributed by atoms with Crippen molar-refractivity contribution in [3.05, 3.63) is 10.6 Å². The number of aryl methyl sites for hydroxylation is 1. The van der Waals surface area contributed by atoms with E-state index in [1.807, 2.05) is 11.8 Å². The van der Waals surface area contributed by atoms with Crippen LogP contribution in [0.4, 0.5) is 0 Å². The Bertz CT molecular complexity index is 503. The van der Waals surface area contributed by atoms with Crippen LogP contribution in [0.2, 0.25) is 0 Å². The zero-order chi connectivity index (χ0) is 14.7. The Morgan fingerprint density at radius 1 is 1.55 bits per heavy atom. The molecule has 0 saturated carbocycles. The largest absolute Gasteiger partial charge is 0.481 e. The minimum Gasteiger partial charge on any atom is -0.481 e. The highest BCUT2D eigenvalue weighted by Gasteiger charge is 2.30. The molecule has 1 aromatic heterocycles. The fourth-order valence-corrected chi connectivity index (χ4v) is 3.30. The molecule has 1 aromatic rings. The number of carbonyl (C=O) groups excluding carboxylic acids is 1. The average Bonchev–Trinajstić information content (AvgIpc) is 2.83. The summed E-state index contributed by atoms with van der Waals surface area (Å²) in [5, 5.41) is 12.8. The number of aliphatic carboxylic acids is 1. The molecule has 1 amide bonds. The van der Waals surface area contributed by atoms with E-state index in [0.29, 0.717) is 17.1 Å². The second kappa shape index (κ2) is 6.30. The lowest BCUT2D eigenvalue weighted by Crippen LogP contribution is -2.42. The SMILES string of the molecule is Cc1nnsc1C(=O)N1CCCC(C(C)CC(=O)O)C1. The van der Waals surface area contributed by atoms with Crippen molar-refractivity contribution in [2.24, 2.45) is 11.8 Å². The summed E-state index contributed by atoms with van der Waals surface area (Å²) in [6.45, 7) is 5.09. The highest BCUT2D eigenvalue weighted by atomic mass is 32.1. The number of carboxylic acid groups (broad SMARTS) is 1. The number of carboxylic acids is 1. The fourth-order valence-electron chi connectivity index (χ4n) is 2.67. The van der Waals surface area contributed by atoms with Gasteiger partial charge in [-0.1, -0.05) is 11.4 Å². The number of hydrogen-bond donors (Lipinski definition) is 1. The molecule has 1 N–H and O–H groups in total. The molecule has 110 valence electrons. The predicted octanol–water partition coefficient (Wildman–Crippen LogP) is 1.81. The Hall–Kier alpha value is -1.50. The summed E-state index contributed by atoms with van der Waals surface area (Å²) in [5.41, 5.74) is 0.667. The molecular weight excluding hydrogens is 278 g/mol. The van der Waals surface area contributed by atoms with Crippen molar-refractivity contribution in [3.8, 4) is 0 Å². The van der Waals surface area contributed by atoms with Gasteiger partial charge >= 0.3 is 5.97 Å². The zero-order valence-electron chi connectivity index (χ0n) is 11.7. The maximum atomic E-state index is 12.4. The summed E-state index contributed by atoms with van der Waals surface area (Å²) in [5.74, 6) is -0.457. The van der Waals surface area contributed by atoms with Crippen molar-refractivity contribution in [3.63, 3.8) is 0 Å². The molecular formula is C13H19N3O3S. The van der Waals surface area contributed by atoms with Crippen LogP contribution in [-0.4, -0.2) is 44.6 Å². The van der Waals surface area contributed by atoms with Gasteiger partial charge in [0.25, 0.3) is 5.91 Å². The second-order valence-electron chi connectivity index (χ2n) is 5.42. The van der Waals surface area contributed by atoms with Gasteiger partial charge in [0.2, 0.25) is 0 Å². The Labute approximate surface area is 122 Å². The van der Waals surface area contributed by atoms with Crippen molar-refractivity contribution in [2.45, 2.75) is 33.1 Å². The van der Waals surface area contributed by atoms with Crippen LogP contribution in [0.3, 0.4) is 0 Å². The normalized spacial score (nSPS) is 20.7. The van der Waals surface area contributed by atoms with Crippen LogP contribution in [-0.2, 0) is 4.79 Å². The van der Waals surface area contributed by atoms with E-state index in [-0.39, 0.29) is 24.2 Å². The number of likely N-dealkylation sites (tertiary alicyclic amines) is 1. The summed E-state index contributed by atoms with van der Waals surface area (Å²) in [6.07, 6.45) is 2.07. The van der Waals surface area contributed by atoms with Crippen molar-refractivity contribution in [2.75, 3.05) is 13.1 Å². The van der Waals surface area contributed by atoms with Gasteiger partial charge in [-0.25, -0.2) is 0 Å². The summed E-state index contributed by atoms with van der Waals surface area (Å²) in [7, 11) is 0. The molecule has 1 aliphatic heterocycles. The monoisotopic (exact) mass is 297 g/mol. The molecule has 6 nitrogen and oxygen atoms in total. The van der Waals surface area contributed by atoms with Crippen LogP contribution < -0.4 is 0 Å². The number of aromatic nitrogens is 2. The van der Waals surface area contributed by atoms with Crippen LogP contribution in [0, 0.1) is 18.8 Å². The highest BCUT2D eigenvalue weighted by molar-refractivity contribution is 7.07. The van der Waals surface area contributed by atoms with Gasteiger partial charge in [0.05, 0.1) is 5.69 Å². The molecule has 0 spiro atoms. The van der Waals surface area contributed by atoms with Crippen LogP contribution in [0.1, 0.15) is 41.6 Å². The van der Waals surface area contributed by atoms with Crippen molar-refractivity contribution in [1.29, 1.82) is 0 Å². The third-order valence-electron chi connectivity index (χ3n) is 3.89. The summed E-state index contributed by atoms with van der Waals surface area (Å²) in [6, 6.07) is 0. The third kappa shape index (κ3) is 3.33. The molecule has 1 aliphatic rings. The molecule has 2 unspecified atom stereocenters. The molecule has 2 rings (SSSR count). The minimum absolute atomic E-state index is 0.0234. The highest BCUT2D eigenvalue weighted by Crippen LogP contribution is 2.27. The van der Waals surface area contributed by atoms with Gasteiger partial charge in [-0.05, 0) is 43.1 Å². The van der Waals surface area contributed by atoms with Crippen LogP contribution >= 0.6 is 11.5 Å². The lowest BCUT2D eigenvalue weighted by molar-refractivity contribution is -0.138. The topological polar surface area (TPSA) is 83.4 Å². The Morgan fingerprint density at radius 3 is 2.90 bits per heavy atom. The number of carbonyl (C=O) groups is 2. The Kier molecular flexibility index (Phi) is 4.69. The predicted molar refractivity (Wildman–Crippen MR) is 74.7 cm³/mol. The molecule has 1 saturated heterocycles. The van der Waals surface area contributed by atoms with E-state index in [1.54, 1.807) is 6.92 Å². The molecule has 0 radical (unpaired) electrons. The van der Waals surface area contributed by atoms with Gasteiger partial charge < -0.3 is 10.0 Å². The Balaban J connectivity index is 2.02. The van der Waals surface area contributed by atoms with E-state index in [2.05, 4.69) is 9.59 Å². The van der Waals surface area contributed by atoms with Crippen molar-refractivity contribution in [1.82, 2.24) is 14.5 Å². The number of amides is 1. The van der Waals surface area contributed by atoms with Crippen molar-refractivity contribution >= 4 is 23.4 Å². The molecule has 1 fully saturated rings. The number of hydrogen-bond acceptors (Lipinski definition) is 5. The summed E-state index contributed by atoms with van der Waals surface area (Å²) in [4.78, 5) is 25.6. The van der Waals surface area contributed by atoms with E-state index in [0.717, 1.165) is 30.9 Å². The van der Waals surface area contributed by atoms with Gasteiger partial charge in [-0.3, -0.25) is 9.59 Å². The Morgan fingerprint density at radius 2 is 2.30 bits per heavy atom. The lowest BCUT2D eigenvalue weighted by atomic mass is 9.84. The summed E-state index contributed by atoms with van der Waals surface area (Å²) >= 11 is 1.13. The van der Waals surface area contributed by atoms with Gasteiger partial charge in [-0.15, -0.1) is 5.10 Å². The van der Waals surface area contributed by atoms with E-state index < -0.39 is 5.97 Å². The first kappa shape index (κ1) is 14.9. The average molecular weight is 297 g/mol. The van der Waals surface area contributed by atoms with E-state index in [4.69, 9.17) is 5.11 Å². The van der Waals surface area contributed by atoms with Gasteiger partial charge in [0, 0.05) is 19.5 Å². The van der Waals surface area contributed by atoms with Crippen molar-refractivity contribution < 1.29 is 14.7 Å². The maximum Gasteiger partial charge on any atom is 0.303 e.